The number of nitrogens with zero attached hydrogens (tertiary/aromatic N) is 3. The van der Waals surface area contributed by atoms with Gasteiger partial charge in [0.1, 0.15) is 11.6 Å². The predicted octanol–water partition coefficient (Wildman–Crippen LogP) is 1.23. The molecule has 0 heterocycles. The molecule has 0 aromatic rings. The molecular weight excluding hydrogens is 146 g/mol. The van der Waals surface area contributed by atoms with Crippen molar-refractivity contribution >= 4 is 11.6 Å². The molecule has 5 nitrogen and oxygen atoms in total. The van der Waals surface area contributed by atoms with Crippen molar-refractivity contribution in [3.8, 4) is 0 Å². The Bertz CT molecular complexity index is 218. The molecule has 0 aromatic heterocycles. The molecule has 0 aliphatic carbocycles. The van der Waals surface area contributed by atoms with E-state index in [2.05, 4.69) is 10.0 Å². The Balaban J connectivity index is 4.03. The molecule has 0 fully saturated rings. The summed E-state index contributed by atoms with van der Waals surface area (Å²) in [4.78, 5) is 23.7. The summed E-state index contributed by atoms with van der Waals surface area (Å²) in [5.41, 5.74) is 7.94. The number of carbonyl (C=O) groups excluding carboxylic acids is 2. The van der Waals surface area contributed by atoms with E-state index in [9.17, 15) is 9.59 Å². The van der Waals surface area contributed by atoms with E-state index in [-0.39, 0.29) is 18.0 Å². The zero-order valence-electron chi connectivity index (χ0n) is 6.44. The Hall–Kier alpha value is -1.35. The van der Waals surface area contributed by atoms with Gasteiger partial charge in [0, 0.05) is 4.91 Å². The van der Waals surface area contributed by atoms with Crippen molar-refractivity contribution in [2.75, 3.05) is 0 Å². The maximum absolute atomic E-state index is 10.9. The van der Waals surface area contributed by atoms with Crippen molar-refractivity contribution in [1.82, 2.24) is 0 Å². The first-order valence-electron chi connectivity index (χ1n) is 3.14. The van der Waals surface area contributed by atoms with Gasteiger partial charge in [-0.3, -0.25) is 9.59 Å². The Kier molecular flexibility index (Phi) is 3.92. The van der Waals surface area contributed by atoms with E-state index in [0.717, 1.165) is 0 Å². The van der Waals surface area contributed by atoms with Crippen molar-refractivity contribution < 1.29 is 9.59 Å². The molecule has 0 saturated heterocycles. The van der Waals surface area contributed by atoms with Gasteiger partial charge in [0.05, 0.1) is 12.5 Å². The molecule has 0 rings (SSSR count). The fraction of sp³-hybridized carbons (Fsp3) is 0.667. The normalized spacial score (nSPS) is 11.5. The number of rotatable bonds is 4. The van der Waals surface area contributed by atoms with Crippen LogP contribution in [0.25, 0.3) is 10.4 Å². The lowest BCUT2D eigenvalue weighted by Gasteiger charge is -1.98. The molecule has 0 N–H and O–H groups in total. The highest BCUT2D eigenvalue weighted by atomic mass is 16.1. The molecule has 0 aliphatic rings. The van der Waals surface area contributed by atoms with Crippen LogP contribution in [0, 0.1) is 0 Å². The van der Waals surface area contributed by atoms with Crippen molar-refractivity contribution in [3.63, 3.8) is 0 Å². The first-order chi connectivity index (χ1) is 5.07. The summed E-state index contributed by atoms with van der Waals surface area (Å²) in [5, 5.41) is 3.16. The summed E-state index contributed by atoms with van der Waals surface area (Å²) < 4.78 is 0. The van der Waals surface area contributed by atoms with Gasteiger partial charge in [-0.1, -0.05) is 5.11 Å². The van der Waals surface area contributed by atoms with Gasteiger partial charge in [0.25, 0.3) is 0 Å². The number of ketones is 2. The van der Waals surface area contributed by atoms with Crippen LogP contribution < -0.4 is 0 Å². The van der Waals surface area contributed by atoms with Crippen LogP contribution >= 0.6 is 0 Å². The number of azide groups is 1. The highest BCUT2D eigenvalue weighted by Crippen LogP contribution is 1.96. The maximum atomic E-state index is 10.9. The topological polar surface area (TPSA) is 82.9 Å². The van der Waals surface area contributed by atoms with Crippen LogP contribution in [0.4, 0.5) is 0 Å². The third kappa shape index (κ3) is 4.11. The molecule has 0 aliphatic heterocycles. The second kappa shape index (κ2) is 4.46. The molecule has 0 spiro atoms. The molecule has 1 atom stereocenters. The zero-order valence-corrected chi connectivity index (χ0v) is 6.44. The van der Waals surface area contributed by atoms with Gasteiger partial charge in [-0.2, -0.15) is 0 Å². The van der Waals surface area contributed by atoms with E-state index < -0.39 is 6.04 Å². The number of hydrogen-bond donors (Lipinski definition) is 0. The van der Waals surface area contributed by atoms with E-state index in [1.165, 1.54) is 13.8 Å². The van der Waals surface area contributed by atoms with Gasteiger partial charge in [-0.05, 0) is 19.4 Å². The van der Waals surface area contributed by atoms with Crippen molar-refractivity contribution in [2.24, 2.45) is 5.11 Å². The molecule has 60 valence electrons. The van der Waals surface area contributed by atoms with Gasteiger partial charge in [0.2, 0.25) is 0 Å². The predicted molar refractivity (Wildman–Crippen MR) is 38.9 cm³/mol. The summed E-state index contributed by atoms with van der Waals surface area (Å²) >= 11 is 0. The van der Waals surface area contributed by atoms with Crippen molar-refractivity contribution in [1.29, 1.82) is 0 Å². The van der Waals surface area contributed by atoms with E-state index in [1.807, 2.05) is 0 Å². The van der Waals surface area contributed by atoms with Gasteiger partial charge in [-0.25, -0.2) is 0 Å². The lowest BCUT2D eigenvalue weighted by atomic mass is 10.1. The third-order valence-corrected chi connectivity index (χ3v) is 1.11. The van der Waals surface area contributed by atoms with Crippen LogP contribution in [0.5, 0.6) is 0 Å². The van der Waals surface area contributed by atoms with Crippen molar-refractivity contribution in [3.05, 3.63) is 10.4 Å². The number of Topliss-reactive ketones (excluding diaryl/α,β-unsaturated/α-hetero) is 2. The van der Waals surface area contributed by atoms with Gasteiger partial charge >= 0.3 is 0 Å². The Morgan fingerprint density at radius 1 is 1.64 bits per heavy atom. The highest BCUT2D eigenvalue weighted by Gasteiger charge is 2.11. The van der Waals surface area contributed by atoms with E-state index in [0.29, 0.717) is 0 Å². The average Bonchev–Trinajstić information content (AvgIpc) is 1.86. The Labute approximate surface area is 64.0 Å². The summed E-state index contributed by atoms with van der Waals surface area (Å²) in [6.45, 7) is 2.78. The van der Waals surface area contributed by atoms with E-state index in [1.54, 1.807) is 0 Å². The molecule has 5 heteroatoms. The zero-order chi connectivity index (χ0) is 8.85. The van der Waals surface area contributed by atoms with Gasteiger partial charge < -0.3 is 0 Å². The van der Waals surface area contributed by atoms with Crippen LogP contribution in [0.2, 0.25) is 0 Å². The van der Waals surface area contributed by atoms with E-state index in [4.69, 9.17) is 5.53 Å². The Morgan fingerprint density at radius 2 is 2.18 bits per heavy atom. The molecule has 11 heavy (non-hydrogen) atoms. The molecule has 0 aromatic carbocycles. The SMILES string of the molecule is CC(=O)CC(=O)C(C)N=[N+]=[N-]. The monoisotopic (exact) mass is 155 g/mol. The van der Waals surface area contributed by atoms with Crippen LogP contribution in [0.3, 0.4) is 0 Å². The minimum Gasteiger partial charge on any atom is -0.300 e. The summed E-state index contributed by atoms with van der Waals surface area (Å²) in [7, 11) is 0. The summed E-state index contributed by atoms with van der Waals surface area (Å²) in [6.07, 6.45) is -0.153. The quantitative estimate of drug-likeness (QED) is 0.265. The first kappa shape index (κ1) is 9.65. The molecule has 0 saturated carbocycles. The molecule has 0 bridgehead atoms. The second-order valence-electron chi connectivity index (χ2n) is 2.23. The minimum atomic E-state index is -0.733. The average molecular weight is 155 g/mol. The molecule has 1 unspecified atom stereocenters. The maximum Gasteiger partial charge on any atom is 0.148 e. The second-order valence-corrected chi connectivity index (χ2v) is 2.23. The summed E-state index contributed by atoms with van der Waals surface area (Å²) in [5.74, 6) is -0.551. The smallest absolute Gasteiger partial charge is 0.148 e. The Morgan fingerprint density at radius 3 is 2.55 bits per heavy atom. The fourth-order valence-electron chi connectivity index (χ4n) is 0.535. The van der Waals surface area contributed by atoms with Gasteiger partial charge in [0.15, 0.2) is 0 Å². The minimum absolute atomic E-state index is 0.153. The van der Waals surface area contributed by atoms with E-state index >= 15 is 0 Å². The standard InChI is InChI=1S/C6H9N3O2/c1-4(10)3-6(11)5(2)8-9-7/h5H,3H2,1-2H3. The molecular formula is C6H9N3O2. The molecule has 0 amide bonds. The van der Waals surface area contributed by atoms with Gasteiger partial charge in [-0.15, -0.1) is 0 Å². The van der Waals surface area contributed by atoms with Crippen LogP contribution in [-0.2, 0) is 9.59 Å². The first-order valence-corrected chi connectivity index (χ1v) is 3.14. The highest BCUT2D eigenvalue weighted by molar-refractivity contribution is 6.00. The van der Waals surface area contributed by atoms with Crippen molar-refractivity contribution in [2.45, 2.75) is 26.3 Å². The van der Waals surface area contributed by atoms with Crippen LogP contribution in [0.15, 0.2) is 5.11 Å². The lowest BCUT2D eigenvalue weighted by molar-refractivity contribution is -0.126. The largest absolute Gasteiger partial charge is 0.300 e. The molecule has 0 radical (unpaired) electrons. The van der Waals surface area contributed by atoms with Crippen LogP contribution in [0.1, 0.15) is 20.3 Å². The number of carbonyl (C=O) groups is 2. The third-order valence-electron chi connectivity index (χ3n) is 1.11. The number of hydrogen-bond acceptors (Lipinski definition) is 3. The lowest BCUT2D eigenvalue weighted by Crippen LogP contribution is -2.16. The fourth-order valence-corrected chi connectivity index (χ4v) is 0.535. The summed E-state index contributed by atoms with van der Waals surface area (Å²) in [6, 6.07) is -0.733. The van der Waals surface area contributed by atoms with Crippen LogP contribution in [-0.4, -0.2) is 17.6 Å².